The third kappa shape index (κ3) is 4.39. The summed E-state index contributed by atoms with van der Waals surface area (Å²) in [5, 5.41) is 2.88. The minimum absolute atomic E-state index is 0.319. The molecular weight excluding hydrogens is 397 g/mol. The Morgan fingerprint density at radius 2 is 1.87 bits per heavy atom. The van der Waals surface area contributed by atoms with Gasteiger partial charge in [-0.2, -0.15) is 0 Å². The number of carbonyl (C=O) groups is 1. The zero-order chi connectivity index (χ0) is 20.9. The number of thiophene rings is 1. The molecule has 0 spiro atoms. The number of carbonyl (C=O) groups excluding carboxylic acids is 1. The molecule has 0 bridgehead atoms. The molecule has 1 atom stereocenters. The molecule has 0 aliphatic carbocycles. The number of nitrogens with one attached hydrogen (secondary N) is 1. The molecule has 0 fully saturated rings. The topological polar surface area (TPSA) is 46.9 Å². The van der Waals surface area contributed by atoms with Gasteiger partial charge in [-0.25, -0.2) is 9.37 Å². The summed E-state index contributed by atoms with van der Waals surface area (Å²) in [6.07, 6.45) is 6.63. The minimum Gasteiger partial charge on any atom is -0.338 e. The second-order valence-electron chi connectivity index (χ2n) is 6.76. The van der Waals surface area contributed by atoms with E-state index in [0.717, 1.165) is 15.3 Å². The molecule has 0 radical (unpaired) electrons. The van der Waals surface area contributed by atoms with Gasteiger partial charge in [-0.1, -0.05) is 48.5 Å². The van der Waals surface area contributed by atoms with Crippen molar-refractivity contribution in [1.82, 2.24) is 14.9 Å². The molecule has 30 heavy (non-hydrogen) atoms. The fraction of sp³-hybridized carbons (Fsp3) is 0.0833. The molecule has 150 valence electrons. The van der Waals surface area contributed by atoms with Crippen LogP contribution in [0.15, 0.2) is 85.2 Å². The van der Waals surface area contributed by atoms with E-state index in [2.05, 4.69) is 22.4 Å². The van der Waals surface area contributed by atoms with Gasteiger partial charge in [0.25, 0.3) is 0 Å². The lowest BCUT2D eigenvalue weighted by atomic mass is 10.1. The van der Waals surface area contributed by atoms with Crippen LogP contribution in [-0.2, 0) is 11.8 Å². The maximum atomic E-state index is 14.4. The molecule has 2 aromatic heterocycles. The molecular formula is C24H20FN3OS. The maximum absolute atomic E-state index is 14.4. The summed E-state index contributed by atoms with van der Waals surface area (Å²) in [7, 11) is 1.81. The second-order valence-corrected chi connectivity index (χ2v) is 7.88. The first-order valence-corrected chi connectivity index (χ1v) is 10.3. The number of benzene rings is 2. The van der Waals surface area contributed by atoms with Gasteiger partial charge in [0.05, 0.1) is 0 Å². The lowest BCUT2D eigenvalue weighted by Crippen LogP contribution is -2.30. The lowest BCUT2D eigenvalue weighted by Gasteiger charge is -2.18. The molecule has 0 saturated heterocycles. The number of rotatable bonds is 6. The Bertz CT molecular complexity index is 1180. The Morgan fingerprint density at radius 1 is 1.10 bits per heavy atom. The summed E-state index contributed by atoms with van der Waals surface area (Å²) in [4.78, 5) is 19.0. The van der Waals surface area contributed by atoms with E-state index in [9.17, 15) is 9.18 Å². The summed E-state index contributed by atoms with van der Waals surface area (Å²) in [6.45, 7) is 0. The van der Waals surface area contributed by atoms with Gasteiger partial charge in [0.1, 0.15) is 17.7 Å². The van der Waals surface area contributed by atoms with Crippen LogP contribution in [0.3, 0.4) is 0 Å². The molecule has 1 amide bonds. The Balaban J connectivity index is 1.53. The average Bonchev–Trinajstić information content (AvgIpc) is 3.41. The summed E-state index contributed by atoms with van der Waals surface area (Å²) in [6, 6.07) is 19.8. The zero-order valence-electron chi connectivity index (χ0n) is 16.3. The fourth-order valence-corrected chi connectivity index (χ4v) is 4.11. The number of hydrogen-bond donors (Lipinski definition) is 1. The Morgan fingerprint density at radius 3 is 2.60 bits per heavy atom. The van der Waals surface area contributed by atoms with E-state index in [-0.39, 0.29) is 11.7 Å². The quantitative estimate of drug-likeness (QED) is 0.438. The van der Waals surface area contributed by atoms with Gasteiger partial charge >= 0.3 is 0 Å². The molecule has 0 saturated carbocycles. The lowest BCUT2D eigenvalue weighted by molar-refractivity contribution is -0.117. The van der Waals surface area contributed by atoms with Gasteiger partial charge < -0.3 is 9.88 Å². The minimum atomic E-state index is -0.688. The third-order valence-corrected chi connectivity index (χ3v) is 5.80. The number of nitrogens with zero attached hydrogens (tertiary/aromatic N) is 2. The van der Waals surface area contributed by atoms with Crippen LogP contribution in [0.2, 0.25) is 0 Å². The summed E-state index contributed by atoms with van der Waals surface area (Å²) in [5.74, 6) is -0.147. The first-order valence-electron chi connectivity index (χ1n) is 9.47. The molecule has 0 aliphatic heterocycles. The molecule has 4 nitrogen and oxygen atoms in total. The van der Waals surface area contributed by atoms with E-state index < -0.39 is 6.04 Å². The van der Waals surface area contributed by atoms with Crippen molar-refractivity contribution in [2.45, 2.75) is 6.04 Å². The SMILES string of the molecule is Cn1ccnc1C(NC(=O)/C=C/c1ccc(-c2ccccc2)s1)c1ccccc1F. The molecule has 4 rings (SSSR count). The average molecular weight is 418 g/mol. The number of amides is 1. The van der Waals surface area contributed by atoms with Gasteiger partial charge in [0.15, 0.2) is 0 Å². The highest BCUT2D eigenvalue weighted by molar-refractivity contribution is 7.16. The maximum Gasteiger partial charge on any atom is 0.244 e. The van der Waals surface area contributed by atoms with Crippen molar-refractivity contribution < 1.29 is 9.18 Å². The number of imidazole rings is 1. The number of halogens is 1. The molecule has 0 aliphatic rings. The van der Waals surface area contributed by atoms with Crippen molar-refractivity contribution in [3.8, 4) is 10.4 Å². The van der Waals surface area contributed by atoms with Gasteiger partial charge in [-0.15, -0.1) is 11.3 Å². The van der Waals surface area contributed by atoms with Gasteiger partial charge in [-0.3, -0.25) is 4.79 Å². The summed E-state index contributed by atoms with van der Waals surface area (Å²) in [5.41, 5.74) is 1.51. The van der Waals surface area contributed by atoms with E-state index in [1.807, 2.05) is 37.4 Å². The highest BCUT2D eigenvalue weighted by Crippen LogP contribution is 2.28. The number of hydrogen-bond acceptors (Lipinski definition) is 3. The Labute approximate surface area is 178 Å². The number of aryl methyl sites for hydroxylation is 1. The van der Waals surface area contributed by atoms with E-state index in [1.54, 1.807) is 52.6 Å². The van der Waals surface area contributed by atoms with Crippen LogP contribution >= 0.6 is 11.3 Å². The van der Waals surface area contributed by atoms with Crippen LogP contribution in [0.1, 0.15) is 22.3 Å². The fourth-order valence-electron chi connectivity index (χ4n) is 3.19. The van der Waals surface area contributed by atoms with E-state index in [1.165, 1.54) is 12.1 Å². The van der Waals surface area contributed by atoms with Gasteiger partial charge in [0, 0.05) is 40.8 Å². The first kappa shape index (κ1) is 19.8. The normalized spacial score (nSPS) is 12.2. The van der Waals surface area contributed by atoms with Crippen LogP contribution in [0.25, 0.3) is 16.5 Å². The van der Waals surface area contributed by atoms with Crippen LogP contribution in [0, 0.1) is 5.82 Å². The van der Waals surface area contributed by atoms with Crippen molar-refractivity contribution >= 4 is 23.3 Å². The third-order valence-electron chi connectivity index (χ3n) is 4.70. The standard InChI is InChI=1S/C24H20FN3OS/c1-28-16-15-26-24(28)23(19-9-5-6-10-20(19)25)27-22(29)14-12-18-11-13-21(30-18)17-7-3-2-4-8-17/h2-16,23H,1H3,(H,27,29)/b14-12+. The largest absolute Gasteiger partial charge is 0.338 e. The van der Waals surface area contributed by atoms with E-state index in [0.29, 0.717) is 11.4 Å². The van der Waals surface area contributed by atoms with Gasteiger partial charge in [0.2, 0.25) is 5.91 Å². The Hall–Kier alpha value is -3.51. The first-order chi connectivity index (χ1) is 14.6. The Kier molecular flexibility index (Phi) is 5.86. The second kappa shape index (κ2) is 8.88. The molecule has 6 heteroatoms. The van der Waals surface area contributed by atoms with Crippen molar-refractivity contribution in [2.24, 2.45) is 7.05 Å². The monoisotopic (exact) mass is 417 g/mol. The van der Waals surface area contributed by atoms with Crippen LogP contribution < -0.4 is 5.32 Å². The molecule has 1 unspecified atom stereocenters. The predicted octanol–water partition coefficient (Wildman–Crippen LogP) is 5.21. The summed E-state index contributed by atoms with van der Waals surface area (Å²) >= 11 is 1.60. The smallest absolute Gasteiger partial charge is 0.244 e. The number of aromatic nitrogens is 2. The highest BCUT2D eigenvalue weighted by Gasteiger charge is 2.22. The van der Waals surface area contributed by atoms with Crippen molar-refractivity contribution in [3.05, 3.63) is 107 Å². The van der Waals surface area contributed by atoms with Crippen LogP contribution in [-0.4, -0.2) is 15.5 Å². The van der Waals surface area contributed by atoms with Gasteiger partial charge in [-0.05, 0) is 29.8 Å². The van der Waals surface area contributed by atoms with E-state index in [4.69, 9.17) is 0 Å². The molecule has 2 heterocycles. The zero-order valence-corrected chi connectivity index (χ0v) is 17.1. The van der Waals surface area contributed by atoms with Crippen molar-refractivity contribution in [3.63, 3.8) is 0 Å². The van der Waals surface area contributed by atoms with Crippen molar-refractivity contribution in [2.75, 3.05) is 0 Å². The van der Waals surface area contributed by atoms with E-state index >= 15 is 0 Å². The predicted molar refractivity (Wildman–Crippen MR) is 118 cm³/mol. The van der Waals surface area contributed by atoms with Crippen LogP contribution in [0.4, 0.5) is 4.39 Å². The molecule has 4 aromatic rings. The summed E-state index contributed by atoms with van der Waals surface area (Å²) < 4.78 is 16.2. The molecule has 1 N–H and O–H groups in total. The van der Waals surface area contributed by atoms with Crippen molar-refractivity contribution in [1.29, 1.82) is 0 Å². The highest BCUT2D eigenvalue weighted by atomic mass is 32.1. The molecule has 2 aromatic carbocycles. The van der Waals surface area contributed by atoms with Crippen LogP contribution in [0.5, 0.6) is 0 Å².